The van der Waals surface area contributed by atoms with Crippen molar-refractivity contribution in [3.8, 4) is 23.0 Å². The molecule has 0 spiro atoms. The molecule has 0 saturated heterocycles. The first-order valence-electron chi connectivity index (χ1n) is 12.8. The van der Waals surface area contributed by atoms with E-state index in [0.717, 1.165) is 24.0 Å². The highest BCUT2D eigenvalue weighted by atomic mass is 16.3. The second kappa shape index (κ2) is 12.4. The Morgan fingerprint density at radius 3 is 1.11 bits per heavy atom. The van der Waals surface area contributed by atoms with Crippen LogP contribution in [0, 0.1) is 5.92 Å². The molecule has 0 aliphatic heterocycles. The number of benzene rings is 4. The van der Waals surface area contributed by atoms with E-state index in [1.54, 1.807) is 48.5 Å². The highest BCUT2D eigenvalue weighted by Gasteiger charge is 2.26. The Bertz CT molecular complexity index is 1130. The minimum Gasteiger partial charge on any atom is -0.508 e. The Hall–Kier alpha value is -3.92. The molecule has 0 aliphatic rings. The van der Waals surface area contributed by atoms with E-state index < -0.39 is 0 Å². The maximum atomic E-state index is 9.39. The first-order chi connectivity index (χ1) is 17.6. The van der Waals surface area contributed by atoms with Crippen LogP contribution in [0.1, 0.15) is 68.7 Å². The van der Waals surface area contributed by atoms with Crippen LogP contribution in [-0.4, -0.2) is 20.4 Å². The van der Waals surface area contributed by atoms with Crippen LogP contribution < -0.4 is 0 Å². The Labute approximate surface area is 220 Å². The third-order valence-electron chi connectivity index (χ3n) is 7.01. The van der Waals surface area contributed by atoms with E-state index in [0.29, 0.717) is 11.8 Å². The van der Waals surface area contributed by atoms with Crippen molar-refractivity contribution in [1.82, 2.24) is 0 Å². The monoisotopic (exact) mass is 498 g/mol. The molecule has 0 heterocycles. The second-order valence-electron chi connectivity index (χ2n) is 10.1. The smallest absolute Gasteiger partial charge is 0.115 e. The van der Waals surface area contributed by atoms with E-state index in [1.165, 1.54) is 11.1 Å². The summed E-state index contributed by atoms with van der Waals surface area (Å²) in [5.74, 6) is 2.01. The number of phenolic OH excluding ortho intramolecular Hbond substituents is 4. The third kappa shape index (κ3) is 7.29. The molecule has 4 heteroatoms. The van der Waals surface area contributed by atoms with Crippen molar-refractivity contribution in [1.29, 1.82) is 0 Å². The zero-order valence-electron chi connectivity index (χ0n) is 22.1. The topological polar surface area (TPSA) is 80.9 Å². The Morgan fingerprint density at radius 2 is 0.838 bits per heavy atom. The average Bonchev–Trinajstić information content (AvgIpc) is 2.89. The van der Waals surface area contributed by atoms with Gasteiger partial charge >= 0.3 is 0 Å². The Balaban J connectivity index is 0.000000206. The van der Waals surface area contributed by atoms with Gasteiger partial charge in [-0.1, -0.05) is 76.2 Å². The maximum Gasteiger partial charge on any atom is 0.115 e. The van der Waals surface area contributed by atoms with E-state index in [9.17, 15) is 20.4 Å². The molecule has 0 amide bonds. The third-order valence-corrected chi connectivity index (χ3v) is 7.01. The van der Waals surface area contributed by atoms with Crippen molar-refractivity contribution in [3.63, 3.8) is 0 Å². The summed E-state index contributed by atoms with van der Waals surface area (Å²) in [6.45, 7) is 8.72. The van der Waals surface area contributed by atoms with Gasteiger partial charge in [0.15, 0.2) is 0 Å². The highest BCUT2D eigenvalue weighted by Crippen LogP contribution is 2.36. The molecule has 0 radical (unpaired) electrons. The van der Waals surface area contributed by atoms with Gasteiger partial charge in [0.25, 0.3) is 0 Å². The minimum atomic E-state index is -0.110. The minimum absolute atomic E-state index is 0.110. The van der Waals surface area contributed by atoms with E-state index in [4.69, 9.17) is 0 Å². The summed E-state index contributed by atoms with van der Waals surface area (Å²) in [5, 5.41) is 37.5. The molecule has 0 fully saturated rings. The quantitative estimate of drug-likeness (QED) is 0.208. The van der Waals surface area contributed by atoms with Crippen LogP contribution in [0.25, 0.3) is 0 Å². The van der Waals surface area contributed by atoms with Crippen LogP contribution in [0.3, 0.4) is 0 Å². The van der Waals surface area contributed by atoms with Gasteiger partial charge in [-0.25, -0.2) is 0 Å². The predicted molar refractivity (Wildman–Crippen MR) is 150 cm³/mol. The van der Waals surface area contributed by atoms with Gasteiger partial charge in [0.1, 0.15) is 23.0 Å². The first kappa shape index (κ1) is 27.7. The van der Waals surface area contributed by atoms with Crippen molar-refractivity contribution in [3.05, 3.63) is 119 Å². The van der Waals surface area contributed by atoms with E-state index in [-0.39, 0.29) is 28.4 Å². The van der Waals surface area contributed by atoms with Gasteiger partial charge in [0, 0.05) is 11.3 Å². The number of aromatic hydroxyl groups is 4. The summed E-state index contributed by atoms with van der Waals surface area (Å²) >= 11 is 0. The molecule has 0 unspecified atom stereocenters. The van der Waals surface area contributed by atoms with Crippen molar-refractivity contribution in [2.75, 3.05) is 0 Å². The van der Waals surface area contributed by atoms with Gasteiger partial charge in [-0.3, -0.25) is 0 Å². The number of phenols is 4. The lowest BCUT2D eigenvalue weighted by atomic mass is 9.74. The molecule has 4 rings (SSSR count). The molecule has 0 atom stereocenters. The van der Waals surface area contributed by atoms with Crippen molar-refractivity contribution in [2.24, 2.45) is 5.92 Å². The lowest BCUT2D eigenvalue weighted by Gasteiger charge is -2.29. The lowest BCUT2D eigenvalue weighted by molar-refractivity contribution is 0.471. The van der Waals surface area contributed by atoms with Gasteiger partial charge in [-0.2, -0.15) is 0 Å². The van der Waals surface area contributed by atoms with Crippen LogP contribution in [-0.2, 0) is 5.41 Å². The summed E-state index contributed by atoms with van der Waals surface area (Å²) in [4.78, 5) is 0. The van der Waals surface area contributed by atoms with Crippen molar-refractivity contribution in [2.45, 2.75) is 51.9 Å². The number of hydrogen-bond donors (Lipinski definition) is 4. The van der Waals surface area contributed by atoms with Crippen LogP contribution in [0.4, 0.5) is 0 Å². The summed E-state index contributed by atoms with van der Waals surface area (Å²) in [5.41, 5.74) is 4.60. The maximum absolute atomic E-state index is 9.39. The van der Waals surface area contributed by atoms with Crippen LogP contribution >= 0.6 is 0 Å². The summed E-state index contributed by atoms with van der Waals surface area (Å²) < 4.78 is 0. The molecular weight excluding hydrogens is 460 g/mol. The van der Waals surface area contributed by atoms with Gasteiger partial charge in [0.05, 0.1) is 0 Å². The molecule has 4 N–H and O–H groups in total. The standard InChI is InChI=1S/C17H20O2.C16H18O2/c1-12(2)11-17(13-3-7-15(18)8-4-13)14-5-9-16(19)10-6-14;1-3-16(2,12-4-8-14(17)9-5-12)13-6-10-15(18)11-7-13/h3-10,12,17-19H,11H2,1-2H3;4-11,17-18H,3H2,1-2H3. The normalized spacial score (nSPS) is 11.3. The molecule has 0 aromatic heterocycles. The highest BCUT2D eigenvalue weighted by molar-refractivity contribution is 5.42. The predicted octanol–water partition coefficient (Wildman–Crippen LogP) is 8.09. The molecule has 4 aromatic carbocycles. The van der Waals surface area contributed by atoms with Crippen LogP contribution in [0.2, 0.25) is 0 Å². The lowest BCUT2D eigenvalue weighted by Crippen LogP contribution is -2.22. The first-order valence-corrected chi connectivity index (χ1v) is 12.8. The molecule has 194 valence electrons. The fourth-order valence-corrected chi connectivity index (χ4v) is 4.58. The van der Waals surface area contributed by atoms with Gasteiger partial charge in [-0.15, -0.1) is 0 Å². The molecule has 0 saturated carbocycles. The average molecular weight is 499 g/mol. The number of hydrogen-bond acceptors (Lipinski definition) is 4. The molecule has 4 nitrogen and oxygen atoms in total. The summed E-state index contributed by atoms with van der Waals surface area (Å²) in [6.07, 6.45) is 1.98. The second-order valence-corrected chi connectivity index (χ2v) is 10.1. The summed E-state index contributed by atoms with van der Waals surface area (Å²) in [6, 6.07) is 29.4. The number of rotatable bonds is 7. The van der Waals surface area contributed by atoms with Crippen LogP contribution in [0.15, 0.2) is 97.1 Å². The fourth-order valence-electron chi connectivity index (χ4n) is 4.58. The Morgan fingerprint density at radius 1 is 0.541 bits per heavy atom. The molecule has 4 aromatic rings. The SMILES string of the molecule is CC(C)CC(c1ccc(O)cc1)c1ccc(O)cc1.CCC(C)(c1ccc(O)cc1)c1ccc(O)cc1. The van der Waals surface area contributed by atoms with Gasteiger partial charge < -0.3 is 20.4 Å². The molecule has 0 bridgehead atoms. The van der Waals surface area contributed by atoms with Gasteiger partial charge in [-0.05, 0) is 89.5 Å². The zero-order chi connectivity index (χ0) is 27.0. The van der Waals surface area contributed by atoms with Crippen molar-refractivity contribution < 1.29 is 20.4 Å². The van der Waals surface area contributed by atoms with Crippen molar-refractivity contribution >= 4 is 0 Å². The fraction of sp³-hybridized carbons (Fsp3) is 0.273. The summed E-state index contributed by atoms with van der Waals surface area (Å²) in [7, 11) is 0. The zero-order valence-corrected chi connectivity index (χ0v) is 22.1. The molecule has 0 aliphatic carbocycles. The largest absolute Gasteiger partial charge is 0.508 e. The Kier molecular flexibility index (Phi) is 9.24. The van der Waals surface area contributed by atoms with Gasteiger partial charge in [0.2, 0.25) is 0 Å². The van der Waals surface area contributed by atoms with E-state index in [1.807, 2.05) is 48.5 Å². The molecular formula is C33H38O4. The van der Waals surface area contributed by atoms with E-state index >= 15 is 0 Å². The molecule has 37 heavy (non-hydrogen) atoms. The van der Waals surface area contributed by atoms with E-state index in [2.05, 4.69) is 27.7 Å². The van der Waals surface area contributed by atoms with Crippen LogP contribution in [0.5, 0.6) is 23.0 Å².